The van der Waals surface area contributed by atoms with Crippen molar-refractivity contribution in [2.45, 2.75) is 44.0 Å². The summed E-state index contributed by atoms with van der Waals surface area (Å²) in [5, 5.41) is 36.0. The highest BCUT2D eigenvalue weighted by Crippen LogP contribution is 2.21. The number of carboxylic acids is 2. The second kappa shape index (κ2) is 10.0. The number of unbranched alkanes of at least 4 members (excludes halogenated alkanes) is 1. The van der Waals surface area contributed by atoms with Crippen LogP contribution in [0.5, 0.6) is 5.75 Å². The van der Waals surface area contributed by atoms with E-state index >= 15 is 0 Å². The summed E-state index contributed by atoms with van der Waals surface area (Å²) in [5.74, 6) is -1.99. The van der Waals surface area contributed by atoms with Gasteiger partial charge in [0.25, 0.3) is 0 Å². The van der Waals surface area contributed by atoms with E-state index in [4.69, 9.17) is 25.6 Å². The van der Waals surface area contributed by atoms with Gasteiger partial charge in [-0.15, -0.1) is 0 Å². The Hall–Kier alpha value is -2.10. The molecule has 1 aromatic rings. The van der Waals surface area contributed by atoms with E-state index in [1.807, 2.05) is 0 Å². The first-order valence-corrected chi connectivity index (χ1v) is 8.10. The van der Waals surface area contributed by atoms with E-state index in [0.717, 1.165) is 0 Å². The topological polar surface area (TPSA) is 150 Å². The molecule has 0 aromatic heterocycles. The lowest BCUT2D eigenvalue weighted by Crippen LogP contribution is -2.48. The van der Waals surface area contributed by atoms with Crippen LogP contribution in [0.25, 0.3) is 0 Å². The van der Waals surface area contributed by atoms with Crippen molar-refractivity contribution < 1.29 is 34.6 Å². The molecule has 1 rings (SSSR count). The van der Waals surface area contributed by atoms with Crippen molar-refractivity contribution in [3.63, 3.8) is 0 Å². The standard InChI is InChI=1S/C16H24BNO7/c18-16(15(21)22,8-3-4-10-17(23)24)9-5-11-25-13-7-2-1-6-12(13)14(19)20/h1-2,6-7,23-24H,3-5,8-11,18H2,(H,19,20)(H,21,22). The first-order valence-electron chi connectivity index (χ1n) is 8.10. The molecule has 1 unspecified atom stereocenters. The number of hydrogen-bond donors (Lipinski definition) is 5. The number of carboxylic acid groups (broad SMARTS) is 2. The van der Waals surface area contributed by atoms with E-state index in [2.05, 4.69) is 0 Å². The number of nitrogens with two attached hydrogens (primary N) is 1. The minimum atomic E-state index is -1.42. The highest BCUT2D eigenvalue weighted by atomic mass is 16.5. The number of hydrogen-bond acceptors (Lipinski definition) is 6. The molecule has 0 spiro atoms. The van der Waals surface area contributed by atoms with Crippen LogP contribution in [0.15, 0.2) is 24.3 Å². The Kier molecular flexibility index (Phi) is 8.40. The Balaban J connectivity index is 2.48. The van der Waals surface area contributed by atoms with Gasteiger partial charge in [0, 0.05) is 0 Å². The van der Waals surface area contributed by atoms with Crippen LogP contribution in [0.1, 0.15) is 42.5 Å². The predicted octanol–water partition coefficient (Wildman–Crippen LogP) is 0.969. The third kappa shape index (κ3) is 7.12. The summed E-state index contributed by atoms with van der Waals surface area (Å²) in [6.45, 7) is 0.145. The molecule has 0 aliphatic rings. The van der Waals surface area contributed by atoms with Gasteiger partial charge in [0.2, 0.25) is 0 Å². The molecule has 8 nitrogen and oxygen atoms in total. The highest BCUT2D eigenvalue weighted by Gasteiger charge is 2.32. The van der Waals surface area contributed by atoms with Crippen molar-refractivity contribution in [3.05, 3.63) is 29.8 Å². The molecule has 9 heteroatoms. The molecule has 0 fully saturated rings. The maximum absolute atomic E-state index is 11.4. The zero-order valence-electron chi connectivity index (χ0n) is 13.9. The van der Waals surface area contributed by atoms with Crippen LogP contribution >= 0.6 is 0 Å². The fraction of sp³-hybridized carbons (Fsp3) is 0.500. The zero-order valence-corrected chi connectivity index (χ0v) is 13.9. The fourth-order valence-electron chi connectivity index (χ4n) is 2.45. The Morgan fingerprint density at radius 1 is 1.08 bits per heavy atom. The van der Waals surface area contributed by atoms with E-state index < -0.39 is 24.6 Å². The van der Waals surface area contributed by atoms with Gasteiger partial charge in [-0.3, -0.25) is 4.79 Å². The number of ether oxygens (including phenoxy) is 1. The number of aliphatic carboxylic acids is 1. The van der Waals surface area contributed by atoms with Crippen LogP contribution in [0, 0.1) is 0 Å². The molecule has 0 bridgehead atoms. The summed E-state index contributed by atoms with van der Waals surface area (Å²) in [4.78, 5) is 22.5. The summed E-state index contributed by atoms with van der Waals surface area (Å²) in [5.41, 5.74) is 4.56. The molecular formula is C16H24BNO7. The van der Waals surface area contributed by atoms with E-state index in [1.54, 1.807) is 12.1 Å². The second-order valence-electron chi connectivity index (χ2n) is 5.94. The summed E-state index contributed by atoms with van der Waals surface area (Å²) >= 11 is 0. The molecule has 0 heterocycles. The van der Waals surface area contributed by atoms with Crippen molar-refractivity contribution in [2.75, 3.05) is 6.61 Å². The van der Waals surface area contributed by atoms with Crippen LogP contribution in [0.4, 0.5) is 0 Å². The number of rotatable bonds is 12. The van der Waals surface area contributed by atoms with Crippen molar-refractivity contribution in [1.29, 1.82) is 0 Å². The van der Waals surface area contributed by atoms with Crippen LogP contribution in [-0.2, 0) is 4.79 Å². The van der Waals surface area contributed by atoms with Gasteiger partial charge in [0.15, 0.2) is 0 Å². The van der Waals surface area contributed by atoms with Gasteiger partial charge >= 0.3 is 19.1 Å². The number of para-hydroxylation sites is 1. The Labute approximate surface area is 146 Å². The van der Waals surface area contributed by atoms with E-state index in [1.165, 1.54) is 12.1 Å². The zero-order chi connectivity index (χ0) is 18.9. The number of aromatic carboxylic acids is 1. The molecule has 0 saturated heterocycles. The maximum Gasteiger partial charge on any atom is 0.451 e. The summed E-state index contributed by atoms with van der Waals surface area (Å²) in [6, 6.07) is 6.21. The van der Waals surface area contributed by atoms with Crippen molar-refractivity contribution in [3.8, 4) is 5.75 Å². The lowest BCUT2D eigenvalue weighted by atomic mass is 9.81. The molecule has 0 saturated carbocycles. The van der Waals surface area contributed by atoms with Gasteiger partial charge in [0.05, 0.1) is 6.61 Å². The molecule has 1 atom stereocenters. The van der Waals surface area contributed by atoms with Crippen molar-refractivity contribution in [2.24, 2.45) is 5.73 Å². The van der Waals surface area contributed by atoms with E-state index in [9.17, 15) is 14.7 Å². The molecule has 138 valence electrons. The van der Waals surface area contributed by atoms with E-state index in [-0.39, 0.29) is 37.1 Å². The highest BCUT2D eigenvalue weighted by molar-refractivity contribution is 6.40. The lowest BCUT2D eigenvalue weighted by Gasteiger charge is -2.24. The average Bonchev–Trinajstić information content (AvgIpc) is 2.55. The largest absolute Gasteiger partial charge is 0.493 e. The number of carbonyl (C=O) groups is 2. The van der Waals surface area contributed by atoms with Crippen molar-refractivity contribution in [1.82, 2.24) is 0 Å². The maximum atomic E-state index is 11.4. The Morgan fingerprint density at radius 3 is 2.32 bits per heavy atom. The van der Waals surface area contributed by atoms with Crippen molar-refractivity contribution >= 4 is 19.1 Å². The molecular weight excluding hydrogens is 329 g/mol. The monoisotopic (exact) mass is 353 g/mol. The second-order valence-corrected chi connectivity index (χ2v) is 5.94. The number of benzene rings is 1. The molecule has 0 aliphatic carbocycles. The van der Waals surface area contributed by atoms with Gasteiger partial charge in [-0.1, -0.05) is 25.0 Å². The summed E-state index contributed by atoms with van der Waals surface area (Å²) in [7, 11) is -1.40. The van der Waals surface area contributed by atoms with Crippen LogP contribution in [-0.4, -0.2) is 51.5 Å². The van der Waals surface area contributed by atoms with Gasteiger partial charge < -0.3 is 30.7 Å². The average molecular weight is 353 g/mol. The third-order valence-corrected chi connectivity index (χ3v) is 3.90. The van der Waals surface area contributed by atoms with Gasteiger partial charge in [-0.2, -0.15) is 0 Å². The van der Waals surface area contributed by atoms with Crippen LogP contribution in [0.3, 0.4) is 0 Å². The molecule has 0 amide bonds. The quantitative estimate of drug-likeness (QED) is 0.275. The molecule has 0 aliphatic heterocycles. The third-order valence-electron chi connectivity index (χ3n) is 3.90. The lowest BCUT2D eigenvalue weighted by molar-refractivity contribution is -0.144. The molecule has 25 heavy (non-hydrogen) atoms. The molecule has 0 radical (unpaired) electrons. The van der Waals surface area contributed by atoms with Crippen LogP contribution < -0.4 is 10.5 Å². The van der Waals surface area contributed by atoms with E-state index in [0.29, 0.717) is 19.3 Å². The molecule has 1 aromatic carbocycles. The Bertz CT molecular complexity index is 581. The summed E-state index contributed by atoms with van der Waals surface area (Å²) in [6.07, 6.45) is 1.82. The fourth-order valence-corrected chi connectivity index (χ4v) is 2.45. The Morgan fingerprint density at radius 2 is 1.72 bits per heavy atom. The smallest absolute Gasteiger partial charge is 0.451 e. The SMILES string of the molecule is NC(CCCCB(O)O)(CCCOc1ccccc1C(=O)O)C(=O)O. The summed E-state index contributed by atoms with van der Waals surface area (Å²) < 4.78 is 5.44. The first-order chi connectivity index (χ1) is 11.8. The van der Waals surface area contributed by atoms with Gasteiger partial charge in [-0.25, -0.2) is 4.79 Å². The minimum Gasteiger partial charge on any atom is -0.493 e. The molecule has 6 N–H and O–H groups in total. The van der Waals surface area contributed by atoms with Gasteiger partial charge in [0.1, 0.15) is 16.9 Å². The van der Waals surface area contributed by atoms with Gasteiger partial charge in [-0.05, 0) is 37.7 Å². The minimum absolute atomic E-state index is 0.0438. The predicted molar refractivity (Wildman–Crippen MR) is 91.5 cm³/mol. The normalized spacial score (nSPS) is 13.1. The first kappa shape index (κ1) is 20.9. The van der Waals surface area contributed by atoms with Crippen LogP contribution in [0.2, 0.25) is 6.32 Å².